The number of nitrogens with zero attached hydrogens (tertiary/aromatic N) is 1. The molecule has 0 atom stereocenters. The van der Waals surface area contributed by atoms with E-state index >= 15 is 0 Å². The summed E-state index contributed by atoms with van der Waals surface area (Å²) in [4.78, 5) is 15.1. The fourth-order valence-corrected chi connectivity index (χ4v) is 3.66. The van der Waals surface area contributed by atoms with Crippen molar-refractivity contribution < 1.29 is 9.90 Å². The Kier molecular flexibility index (Phi) is 4.63. The van der Waals surface area contributed by atoms with Gasteiger partial charge in [-0.3, -0.25) is 0 Å². The highest BCUT2D eigenvalue weighted by molar-refractivity contribution is 5.88. The predicted octanol–water partition coefficient (Wildman–Crippen LogP) is 4.72. The lowest BCUT2D eigenvalue weighted by Crippen LogP contribution is -2.33. The highest BCUT2D eigenvalue weighted by Crippen LogP contribution is 2.45. The quantitative estimate of drug-likeness (QED) is 0.800. The largest absolute Gasteiger partial charge is 0.476 e. The Hall–Kier alpha value is -2.60. The Bertz CT molecular complexity index is 913. The fraction of sp³-hybridized carbons (Fsp3) is 0.391. The normalized spacial score (nSPS) is 16.9. The van der Waals surface area contributed by atoms with Gasteiger partial charge in [0.1, 0.15) is 0 Å². The zero-order valence-corrected chi connectivity index (χ0v) is 15.9. The molecule has 0 saturated carbocycles. The Morgan fingerprint density at radius 2 is 1.81 bits per heavy atom. The molecule has 134 valence electrons. The van der Waals surface area contributed by atoms with E-state index in [1.807, 2.05) is 0 Å². The van der Waals surface area contributed by atoms with Crippen molar-refractivity contribution in [2.45, 2.75) is 57.8 Å². The van der Waals surface area contributed by atoms with Crippen molar-refractivity contribution in [2.24, 2.45) is 0 Å². The van der Waals surface area contributed by atoms with Crippen molar-refractivity contribution in [3.8, 4) is 11.8 Å². The maximum absolute atomic E-state index is 11.2. The van der Waals surface area contributed by atoms with Gasteiger partial charge in [-0.25, -0.2) is 9.78 Å². The molecule has 0 radical (unpaired) electrons. The van der Waals surface area contributed by atoms with Crippen molar-refractivity contribution in [3.05, 3.63) is 64.5 Å². The van der Waals surface area contributed by atoms with Crippen LogP contribution in [0.25, 0.3) is 0 Å². The molecular weight excluding hydrogens is 322 g/mol. The van der Waals surface area contributed by atoms with E-state index in [4.69, 9.17) is 0 Å². The number of carboxylic acid groups (broad SMARTS) is 1. The van der Waals surface area contributed by atoms with Gasteiger partial charge in [-0.1, -0.05) is 57.7 Å². The standard InChI is InChI=1S/C23H25NO2/c1-22(2)12-13-23(3,4)19-15-16(10-11-18(19)22)7-5-8-17-9-6-14-24-20(17)21(25)26/h6,9-11,14-15H,7,12-13H2,1-4H3,(H,25,26). The molecule has 3 heteroatoms. The van der Waals surface area contributed by atoms with Crippen LogP contribution in [0.1, 0.15) is 73.3 Å². The van der Waals surface area contributed by atoms with Crippen LogP contribution < -0.4 is 0 Å². The molecule has 1 aliphatic rings. The number of aromatic carboxylic acids is 1. The number of hydrogen-bond donors (Lipinski definition) is 1. The highest BCUT2D eigenvalue weighted by Gasteiger charge is 2.36. The van der Waals surface area contributed by atoms with Gasteiger partial charge < -0.3 is 5.11 Å². The van der Waals surface area contributed by atoms with Crippen LogP contribution in [-0.2, 0) is 17.3 Å². The summed E-state index contributed by atoms with van der Waals surface area (Å²) in [7, 11) is 0. The third-order valence-electron chi connectivity index (χ3n) is 5.44. The Labute approximate surface area is 155 Å². The van der Waals surface area contributed by atoms with Gasteiger partial charge in [0.05, 0.1) is 5.56 Å². The average Bonchev–Trinajstić information content (AvgIpc) is 2.59. The lowest BCUT2D eigenvalue weighted by molar-refractivity contribution is 0.0690. The summed E-state index contributed by atoms with van der Waals surface area (Å²) in [6.07, 6.45) is 4.45. The van der Waals surface area contributed by atoms with Crippen molar-refractivity contribution in [3.63, 3.8) is 0 Å². The van der Waals surface area contributed by atoms with Crippen LogP contribution in [0.15, 0.2) is 36.5 Å². The molecule has 0 unspecified atom stereocenters. The highest BCUT2D eigenvalue weighted by atomic mass is 16.4. The number of carbonyl (C=O) groups is 1. The molecule has 3 rings (SSSR count). The number of pyridine rings is 1. The van der Waals surface area contributed by atoms with Crippen LogP contribution in [0.5, 0.6) is 0 Å². The van der Waals surface area contributed by atoms with Crippen LogP contribution in [-0.4, -0.2) is 16.1 Å². The van der Waals surface area contributed by atoms with Crippen LogP contribution in [0.2, 0.25) is 0 Å². The summed E-state index contributed by atoms with van der Waals surface area (Å²) in [6, 6.07) is 10.1. The Morgan fingerprint density at radius 1 is 1.12 bits per heavy atom. The summed E-state index contributed by atoms with van der Waals surface area (Å²) < 4.78 is 0. The van der Waals surface area contributed by atoms with E-state index in [9.17, 15) is 9.90 Å². The minimum Gasteiger partial charge on any atom is -0.476 e. The third kappa shape index (κ3) is 3.51. The number of hydrogen-bond acceptors (Lipinski definition) is 2. The van der Waals surface area contributed by atoms with E-state index in [1.54, 1.807) is 12.1 Å². The van der Waals surface area contributed by atoms with E-state index in [2.05, 4.69) is 62.7 Å². The molecular formula is C23H25NO2. The number of fused-ring (bicyclic) bond motifs is 1. The SMILES string of the molecule is CC1(C)CCC(C)(C)c2cc(CC#Cc3cccnc3C(=O)O)ccc21. The molecule has 3 nitrogen and oxygen atoms in total. The summed E-state index contributed by atoms with van der Waals surface area (Å²) in [6.45, 7) is 9.25. The monoisotopic (exact) mass is 347 g/mol. The molecule has 0 saturated heterocycles. The molecule has 1 aliphatic carbocycles. The lowest BCUT2D eigenvalue weighted by atomic mass is 9.63. The van der Waals surface area contributed by atoms with Gasteiger partial charge >= 0.3 is 5.97 Å². The molecule has 0 bridgehead atoms. The molecule has 26 heavy (non-hydrogen) atoms. The average molecular weight is 347 g/mol. The second kappa shape index (κ2) is 6.61. The van der Waals surface area contributed by atoms with E-state index in [0.717, 1.165) is 0 Å². The van der Waals surface area contributed by atoms with Crippen LogP contribution in [0.3, 0.4) is 0 Å². The van der Waals surface area contributed by atoms with E-state index < -0.39 is 5.97 Å². The second-order valence-corrected chi connectivity index (χ2v) is 8.33. The minimum absolute atomic E-state index is 0.00771. The van der Waals surface area contributed by atoms with Gasteiger partial charge in [0.15, 0.2) is 5.69 Å². The number of benzene rings is 1. The van der Waals surface area contributed by atoms with Crippen molar-refractivity contribution in [1.82, 2.24) is 4.98 Å². The van der Waals surface area contributed by atoms with Crippen LogP contribution in [0.4, 0.5) is 0 Å². The zero-order valence-electron chi connectivity index (χ0n) is 15.9. The topological polar surface area (TPSA) is 50.2 Å². The number of aromatic nitrogens is 1. The first-order chi connectivity index (χ1) is 12.2. The van der Waals surface area contributed by atoms with Gasteiger partial charge in [-0.2, -0.15) is 0 Å². The first kappa shape index (κ1) is 18.2. The van der Waals surface area contributed by atoms with Gasteiger partial charge in [0.25, 0.3) is 0 Å². The molecule has 1 aromatic carbocycles. The zero-order chi connectivity index (χ0) is 18.9. The molecule has 0 spiro atoms. The summed E-state index contributed by atoms with van der Waals surface area (Å²) >= 11 is 0. The Balaban J connectivity index is 1.89. The third-order valence-corrected chi connectivity index (χ3v) is 5.44. The summed E-state index contributed by atoms with van der Waals surface area (Å²) in [5.41, 5.74) is 4.87. The fourth-order valence-electron chi connectivity index (χ4n) is 3.66. The molecule has 1 heterocycles. The maximum Gasteiger partial charge on any atom is 0.355 e. The van der Waals surface area contributed by atoms with Crippen molar-refractivity contribution in [2.75, 3.05) is 0 Å². The van der Waals surface area contributed by atoms with Crippen LogP contribution >= 0.6 is 0 Å². The molecule has 0 aliphatic heterocycles. The first-order valence-electron chi connectivity index (χ1n) is 9.02. The predicted molar refractivity (Wildman–Crippen MR) is 104 cm³/mol. The van der Waals surface area contributed by atoms with Gasteiger partial charge in [-0.15, -0.1) is 0 Å². The van der Waals surface area contributed by atoms with E-state index in [-0.39, 0.29) is 16.5 Å². The Morgan fingerprint density at radius 3 is 2.50 bits per heavy atom. The van der Waals surface area contributed by atoms with E-state index in [1.165, 1.54) is 35.7 Å². The summed E-state index contributed by atoms with van der Waals surface area (Å²) in [5, 5.41) is 9.19. The van der Waals surface area contributed by atoms with E-state index in [0.29, 0.717) is 12.0 Å². The lowest BCUT2D eigenvalue weighted by Gasteiger charge is -2.42. The number of rotatable bonds is 2. The number of carboxylic acids is 1. The molecule has 0 fully saturated rings. The van der Waals surface area contributed by atoms with Gasteiger partial charge in [0, 0.05) is 12.6 Å². The van der Waals surface area contributed by atoms with Gasteiger partial charge in [0.2, 0.25) is 0 Å². The van der Waals surface area contributed by atoms with Crippen molar-refractivity contribution >= 4 is 5.97 Å². The smallest absolute Gasteiger partial charge is 0.355 e. The molecule has 1 aromatic heterocycles. The summed E-state index contributed by atoms with van der Waals surface area (Å²) in [5.74, 6) is 5.03. The second-order valence-electron chi connectivity index (χ2n) is 8.33. The molecule has 1 N–H and O–H groups in total. The first-order valence-corrected chi connectivity index (χ1v) is 9.02. The molecule has 2 aromatic rings. The maximum atomic E-state index is 11.2. The van der Waals surface area contributed by atoms with Gasteiger partial charge in [-0.05, 0) is 52.5 Å². The molecule has 0 amide bonds. The minimum atomic E-state index is -1.05. The van der Waals surface area contributed by atoms with Crippen LogP contribution in [0, 0.1) is 11.8 Å². The van der Waals surface area contributed by atoms with Crippen molar-refractivity contribution in [1.29, 1.82) is 0 Å².